The smallest absolute Gasteiger partial charge is 0.264 e. The molecule has 0 saturated carbocycles. The van der Waals surface area contributed by atoms with Crippen molar-refractivity contribution < 1.29 is 22.4 Å². The van der Waals surface area contributed by atoms with Crippen LogP contribution in [-0.4, -0.2) is 20.2 Å². The molecule has 0 aliphatic carbocycles. The zero-order valence-electron chi connectivity index (χ0n) is 23.2. The molecule has 0 radical (unpaired) electrons. The molecular weight excluding hydrogens is 586 g/mol. The highest BCUT2D eigenvalue weighted by Crippen LogP contribution is 2.31. The van der Waals surface area contributed by atoms with Crippen LogP contribution in [0, 0.1) is 6.92 Å². The first-order valence-electron chi connectivity index (χ1n) is 13.4. The van der Waals surface area contributed by atoms with Gasteiger partial charge in [0.15, 0.2) is 0 Å². The Morgan fingerprint density at radius 1 is 0.837 bits per heavy atom. The molecule has 43 heavy (non-hydrogen) atoms. The Hall–Kier alpha value is -4.86. The number of halogens is 1. The second-order valence-corrected chi connectivity index (χ2v) is 12.0. The van der Waals surface area contributed by atoms with Gasteiger partial charge < -0.3 is 15.1 Å². The van der Waals surface area contributed by atoms with Gasteiger partial charge >= 0.3 is 0 Å². The van der Waals surface area contributed by atoms with Crippen molar-refractivity contribution in [3.05, 3.63) is 148 Å². The van der Waals surface area contributed by atoms with Crippen LogP contribution < -0.4 is 14.9 Å². The summed E-state index contributed by atoms with van der Waals surface area (Å²) in [6, 6.07) is 30.1. The fourth-order valence-corrected chi connectivity index (χ4v) is 6.15. The van der Waals surface area contributed by atoms with E-state index in [2.05, 4.69) is 10.6 Å². The quantitative estimate of drug-likeness (QED) is 0.180. The van der Waals surface area contributed by atoms with E-state index in [1.54, 1.807) is 109 Å². The first kappa shape index (κ1) is 29.6. The number of nitrogens with zero attached hydrogens (tertiary/aromatic N) is 1. The van der Waals surface area contributed by atoms with Crippen molar-refractivity contribution in [3.8, 4) is 0 Å². The third kappa shape index (κ3) is 6.97. The van der Waals surface area contributed by atoms with Crippen molar-refractivity contribution in [1.29, 1.82) is 0 Å². The summed E-state index contributed by atoms with van der Waals surface area (Å²) in [5, 5.41) is 5.99. The zero-order chi connectivity index (χ0) is 30.4. The number of carbonyl (C=O) groups is 2. The number of rotatable bonds is 10. The second kappa shape index (κ2) is 13.0. The molecule has 5 aromatic rings. The number of para-hydroxylation sites is 1. The average Bonchev–Trinajstić information content (AvgIpc) is 3.55. The lowest BCUT2D eigenvalue weighted by molar-refractivity contribution is 0.0949. The van der Waals surface area contributed by atoms with E-state index in [4.69, 9.17) is 16.0 Å². The SMILES string of the molecule is Cc1ccc(Cl)cc1N(Cc1ccc(C(=O)Nc2ccccc2C(=O)NCc2ccco2)cc1)S(=O)(=O)c1ccccc1. The largest absolute Gasteiger partial charge is 0.467 e. The van der Waals surface area contributed by atoms with Gasteiger partial charge in [0.25, 0.3) is 21.8 Å². The topological polar surface area (TPSA) is 109 Å². The number of amides is 2. The van der Waals surface area contributed by atoms with Gasteiger partial charge in [0.05, 0.1) is 41.2 Å². The van der Waals surface area contributed by atoms with Crippen molar-refractivity contribution in [2.24, 2.45) is 0 Å². The third-order valence-electron chi connectivity index (χ3n) is 6.74. The van der Waals surface area contributed by atoms with Gasteiger partial charge in [0, 0.05) is 10.6 Å². The first-order chi connectivity index (χ1) is 20.7. The molecule has 0 atom stereocenters. The Morgan fingerprint density at radius 2 is 1.56 bits per heavy atom. The van der Waals surface area contributed by atoms with Crippen LogP contribution in [0.2, 0.25) is 5.02 Å². The maximum Gasteiger partial charge on any atom is 0.264 e. The van der Waals surface area contributed by atoms with Gasteiger partial charge in [-0.05, 0) is 78.7 Å². The Labute approximate surface area is 255 Å². The van der Waals surface area contributed by atoms with Crippen LogP contribution in [0.5, 0.6) is 0 Å². The van der Waals surface area contributed by atoms with E-state index < -0.39 is 15.9 Å². The minimum Gasteiger partial charge on any atom is -0.467 e. The van der Waals surface area contributed by atoms with Gasteiger partial charge in [-0.1, -0.05) is 60.1 Å². The van der Waals surface area contributed by atoms with Gasteiger partial charge in [-0.15, -0.1) is 0 Å². The molecule has 10 heteroatoms. The summed E-state index contributed by atoms with van der Waals surface area (Å²) in [4.78, 5) is 26.1. The molecule has 0 fully saturated rings. The van der Waals surface area contributed by atoms with Crippen LogP contribution in [-0.2, 0) is 23.1 Å². The molecule has 8 nitrogen and oxygen atoms in total. The predicted octanol–water partition coefficient (Wildman–Crippen LogP) is 6.82. The van der Waals surface area contributed by atoms with E-state index in [9.17, 15) is 18.0 Å². The number of sulfonamides is 1. The molecule has 0 saturated heterocycles. The van der Waals surface area contributed by atoms with Crippen LogP contribution >= 0.6 is 11.6 Å². The lowest BCUT2D eigenvalue weighted by Gasteiger charge is -2.26. The van der Waals surface area contributed by atoms with Crippen molar-refractivity contribution in [2.45, 2.75) is 24.9 Å². The van der Waals surface area contributed by atoms with E-state index >= 15 is 0 Å². The molecular formula is C33H28ClN3O5S. The summed E-state index contributed by atoms with van der Waals surface area (Å²) in [5.41, 5.74) is 2.86. The number of benzene rings is 4. The van der Waals surface area contributed by atoms with E-state index in [0.29, 0.717) is 38.8 Å². The van der Waals surface area contributed by atoms with Crippen LogP contribution in [0.1, 0.15) is 37.6 Å². The number of hydrogen-bond donors (Lipinski definition) is 2. The molecule has 5 rings (SSSR count). The lowest BCUT2D eigenvalue weighted by Crippen LogP contribution is -2.31. The highest BCUT2D eigenvalue weighted by atomic mass is 35.5. The molecule has 2 amide bonds. The van der Waals surface area contributed by atoms with Gasteiger partial charge in [0.2, 0.25) is 0 Å². The second-order valence-electron chi connectivity index (χ2n) is 9.71. The van der Waals surface area contributed by atoms with Crippen molar-refractivity contribution in [1.82, 2.24) is 5.32 Å². The van der Waals surface area contributed by atoms with Gasteiger partial charge in [-0.2, -0.15) is 0 Å². The standard InChI is InChI=1S/C33H28ClN3O5S/c1-23-13-18-26(34)20-31(23)37(43(40,41)28-9-3-2-4-10-28)22-24-14-16-25(17-15-24)32(38)36-30-12-6-5-11-29(30)33(39)35-21-27-8-7-19-42-27/h2-20H,21-22H2,1H3,(H,35,39)(H,36,38). The summed E-state index contributed by atoms with van der Waals surface area (Å²) in [6.45, 7) is 2.04. The Morgan fingerprint density at radius 3 is 2.28 bits per heavy atom. The summed E-state index contributed by atoms with van der Waals surface area (Å²) >= 11 is 6.26. The zero-order valence-corrected chi connectivity index (χ0v) is 24.7. The molecule has 0 unspecified atom stereocenters. The Balaban J connectivity index is 1.35. The molecule has 0 aliphatic rings. The number of hydrogen-bond acceptors (Lipinski definition) is 5. The lowest BCUT2D eigenvalue weighted by atomic mass is 10.1. The minimum atomic E-state index is -3.94. The van der Waals surface area contributed by atoms with Crippen LogP contribution in [0.25, 0.3) is 0 Å². The van der Waals surface area contributed by atoms with Gasteiger partial charge in [0.1, 0.15) is 5.76 Å². The van der Waals surface area contributed by atoms with Crippen molar-refractivity contribution >= 4 is 44.8 Å². The molecule has 2 N–H and O–H groups in total. The highest BCUT2D eigenvalue weighted by Gasteiger charge is 2.27. The molecule has 1 aromatic heterocycles. The summed E-state index contributed by atoms with van der Waals surface area (Å²) in [5.74, 6) is -0.174. The molecule has 1 heterocycles. The fraction of sp³-hybridized carbons (Fsp3) is 0.0909. The highest BCUT2D eigenvalue weighted by molar-refractivity contribution is 7.92. The fourth-order valence-electron chi connectivity index (χ4n) is 4.46. The Bertz CT molecular complexity index is 1840. The summed E-state index contributed by atoms with van der Waals surface area (Å²) < 4.78 is 34.1. The maximum absolute atomic E-state index is 13.8. The minimum absolute atomic E-state index is 0.0129. The summed E-state index contributed by atoms with van der Waals surface area (Å²) in [6.07, 6.45) is 1.53. The summed E-state index contributed by atoms with van der Waals surface area (Å²) in [7, 11) is -3.94. The van der Waals surface area contributed by atoms with Crippen LogP contribution in [0.4, 0.5) is 11.4 Å². The number of carbonyl (C=O) groups excluding carboxylic acids is 2. The van der Waals surface area contributed by atoms with Crippen molar-refractivity contribution in [2.75, 3.05) is 9.62 Å². The monoisotopic (exact) mass is 613 g/mol. The van der Waals surface area contributed by atoms with Crippen LogP contribution in [0.3, 0.4) is 0 Å². The Kier molecular flexibility index (Phi) is 8.94. The number of furan rings is 1. The third-order valence-corrected chi connectivity index (χ3v) is 8.75. The molecule has 0 bridgehead atoms. The molecule has 218 valence electrons. The van der Waals surface area contributed by atoms with E-state index in [-0.39, 0.29) is 23.9 Å². The average molecular weight is 614 g/mol. The van der Waals surface area contributed by atoms with E-state index in [1.165, 1.54) is 10.6 Å². The van der Waals surface area contributed by atoms with Crippen LogP contribution in [0.15, 0.2) is 125 Å². The van der Waals surface area contributed by atoms with Crippen molar-refractivity contribution in [3.63, 3.8) is 0 Å². The molecule has 4 aromatic carbocycles. The normalized spacial score (nSPS) is 11.1. The number of aryl methyl sites for hydroxylation is 1. The molecule has 0 aliphatic heterocycles. The van der Waals surface area contributed by atoms with Gasteiger partial charge in [-0.25, -0.2) is 8.42 Å². The van der Waals surface area contributed by atoms with Gasteiger partial charge in [-0.3, -0.25) is 13.9 Å². The van der Waals surface area contributed by atoms with E-state index in [0.717, 1.165) is 5.56 Å². The predicted molar refractivity (Wildman–Crippen MR) is 167 cm³/mol. The number of nitrogens with one attached hydrogen (secondary N) is 2. The van der Waals surface area contributed by atoms with E-state index in [1.807, 2.05) is 6.92 Å². The molecule has 0 spiro atoms. The maximum atomic E-state index is 13.8. The first-order valence-corrected chi connectivity index (χ1v) is 15.2. The number of anilines is 2.